The van der Waals surface area contributed by atoms with E-state index >= 15 is 0 Å². The van der Waals surface area contributed by atoms with Crippen molar-refractivity contribution < 1.29 is 9.59 Å². The molecule has 0 unspecified atom stereocenters. The summed E-state index contributed by atoms with van der Waals surface area (Å²) in [6.07, 6.45) is 1.45. The molecular weight excluding hydrogens is 278 g/mol. The van der Waals surface area contributed by atoms with Crippen molar-refractivity contribution in [2.75, 3.05) is 18.4 Å². The lowest BCUT2D eigenvalue weighted by molar-refractivity contribution is -0.136. The Morgan fingerprint density at radius 1 is 1.23 bits per heavy atom. The Morgan fingerprint density at radius 2 is 1.91 bits per heavy atom. The van der Waals surface area contributed by atoms with Gasteiger partial charge in [0.2, 0.25) is 5.91 Å². The van der Waals surface area contributed by atoms with Gasteiger partial charge in [0.05, 0.1) is 11.3 Å². The van der Waals surface area contributed by atoms with Crippen LogP contribution in [0.4, 0.5) is 5.69 Å². The van der Waals surface area contributed by atoms with Gasteiger partial charge in [0.15, 0.2) is 0 Å². The van der Waals surface area contributed by atoms with E-state index in [2.05, 4.69) is 10.6 Å². The number of piperidine rings is 1. The second-order valence-electron chi connectivity index (χ2n) is 6.64. The fourth-order valence-electron chi connectivity index (χ4n) is 3.30. The van der Waals surface area contributed by atoms with Crippen molar-refractivity contribution >= 4 is 17.5 Å². The van der Waals surface area contributed by atoms with Crippen LogP contribution in [-0.2, 0) is 4.79 Å². The number of amides is 2. The third kappa shape index (κ3) is 2.45. The monoisotopic (exact) mass is 301 g/mol. The molecule has 1 saturated heterocycles. The zero-order valence-electron chi connectivity index (χ0n) is 13.4. The molecule has 2 aliphatic rings. The number of hydrogen-bond acceptors (Lipinski definition) is 3. The van der Waals surface area contributed by atoms with Crippen LogP contribution >= 0.6 is 0 Å². The summed E-state index contributed by atoms with van der Waals surface area (Å²) < 4.78 is 0. The Morgan fingerprint density at radius 3 is 2.55 bits per heavy atom. The minimum atomic E-state index is -0.427. The first-order chi connectivity index (χ1) is 10.4. The fourth-order valence-corrected chi connectivity index (χ4v) is 3.30. The smallest absolute Gasteiger partial charge is 0.255 e. The molecule has 2 N–H and O–H groups in total. The Kier molecular flexibility index (Phi) is 3.59. The molecule has 5 nitrogen and oxygen atoms in total. The van der Waals surface area contributed by atoms with Gasteiger partial charge in [-0.1, -0.05) is 26.0 Å². The summed E-state index contributed by atoms with van der Waals surface area (Å²) in [5.41, 5.74) is 2.28. The van der Waals surface area contributed by atoms with Crippen LogP contribution in [0.2, 0.25) is 0 Å². The second-order valence-corrected chi connectivity index (χ2v) is 6.64. The van der Waals surface area contributed by atoms with Crippen molar-refractivity contribution in [3.8, 4) is 0 Å². The fraction of sp³-hybridized carbons (Fsp3) is 0.529. The highest BCUT2D eigenvalue weighted by molar-refractivity contribution is 6.02. The first-order valence-corrected chi connectivity index (χ1v) is 7.91. The van der Waals surface area contributed by atoms with Crippen molar-refractivity contribution in [2.24, 2.45) is 5.92 Å². The minimum absolute atomic E-state index is 0.0194. The van der Waals surface area contributed by atoms with Crippen LogP contribution in [0.25, 0.3) is 0 Å². The maximum absolute atomic E-state index is 12.4. The number of aryl methyl sites for hydroxylation is 1. The Labute approximate surface area is 131 Å². The number of benzene rings is 1. The van der Waals surface area contributed by atoms with Gasteiger partial charge in [-0.15, -0.1) is 0 Å². The summed E-state index contributed by atoms with van der Waals surface area (Å²) in [5.74, 6) is 0.181. The van der Waals surface area contributed by atoms with E-state index in [4.69, 9.17) is 0 Å². The number of fused-ring (bicyclic) bond motifs is 1. The van der Waals surface area contributed by atoms with Crippen LogP contribution in [0.5, 0.6) is 0 Å². The van der Waals surface area contributed by atoms with Crippen LogP contribution in [0.1, 0.15) is 42.6 Å². The molecule has 0 aromatic heterocycles. The maximum Gasteiger partial charge on any atom is 0.255 e. The van der Waals surface area contributed by atoms with E-state index in [9.17, 15) is 9.59 Å². The average Bonchev–Trinajstić information content (AvgIpc) is 2.48. The van der Waals surface area contributed by atoms with Gasteiger partial charge < -0.3 is 15.5 Å². The molecule has 0 bridgehead atoms. The topological polar surface area (TPSA) is 61.4 Å². The van der Waals surface area contributed by atoms with Crippen LogP contribution < -0.4 is 10.6 Å². The summed E-state index contributed by atoms with van der Waals surface area (Å²) in [5, 5.41) is 6.65. The number of nitrogens with one attached hydrogen (secondary N) is 2. The lowest BCUT2D eigenvalue weighted by Crippen LogP contribution is -2.63. The van der Waals surface area contributed by atoms with Gasteiger partial charge in [-0.3, -0.25) is 9.59 Å². The molecule has 1 aromatic rings. The number of hydrogen-bond donors (Lipinski definition) is 2. The van der Waals surface area contributed by atoms with Gasteiger partial charge in [-0.05, 0) is 18.6 Å². The summed E-state index contributed by atoms with van der Waals surface area (Å²) in [6.45, 7) is 7.20. The molecule has 1 fully saturated rings. The number of anilines is 1. The maximum atomic E-state index is 12.4. The van der Waals surface area contributed by atoms with E-state index in [1.54, 1.807) is 0 Å². The molecule has 0 radical (unpaired) electrons. The van der Waals surface area contributed by atoms with E-state index < -0.39 is 5.66 Å². The Bertz CT molecular complexity index is 616. The number of rotatable bonds is 1. The van der Waals surface area contributed by atoms with Crippen molar-refractivity contribution in [3.05, 3.63) is 29.3 Å². The largest absolute Gasteiger partial charge is 0.362 e. The summed E-state index contributed by atoms with van der Waals surface area (Å²) in [7, 11) is 0. The molecule has 3 rings (SSSR count). The average molecular weight is 301 g/mol. The second kappa shape index (κ2) is 5.30. The normalized spacial score (nSPS) is 19.6. The van der Waals surface area contributed by atoms with Crippen LogP contribution in [0.15, 0.2) is 18.2 Å². The van der Waals surface area contributed by atoms with Gasteiger partial charge in [-0.2, -0.15) is 0 Å². The number of likely N-dealkylation sites (tertiary alicyclic amines) is 1. The van der Waals surface area contributed by atoms with Gasteiger partial charge >= 0.3 is 0 Å². The zero-order valence-corrected chi connectivity index (χ0v) is 13.4. The SMILES string of the molecule is Cc1cccc2c1NC1(CCN(C(=O)C(C)C)CC1)NC2=O. The number of carbonyl (C=O) groups excluding carboxylic acids is 2. The van der Waals surface area contributed by atoms with Gasteiger partial charge in [0.25, 0.3) is 5.91 Å². The third-order valence-corrected chi connectivity index (χ3v) is 4.66. The molecule has 118 valence electrons. The quantitative estimate of drug-likeness (QED) is 0.835. The van der Waals surface area contributed by atoms with E-state index in [0.717, 1.165) is 24.1 Å². The molecule has 1 spiro atoms. The highest BCUT2D eigenvalue weighted by Crippen LogP contribution is 2.33. The predicted molar refractivity (Wildman–Crippen MR) is 85.7 cm³/mol. The molecule has 2 heterocycles. The molecule has 22 heavy (non-hydrogen) atoms. The van der Waals surface area contributed by atoms with E-state index in [1.165, 1.54) is 0 Å². The van der Waals surface area contributed by atoms with Gasteiger partial charge in [0.1, 0.15) is 5.66 Å². The van der Waals surface area contributed by atoms with Crippen molar-refractivity contribution in [3.63, 3.8) is 0 Å². The van der Waals surface area contributed by atoms with Gasteiger partial charge in [0, 0.05) is 31.8 Å². The summed E-state index contributed by atoms with van der Waals surface area (Å²) in [4.78, 5) is 26.4. The van der Waals surface area contributed by atoms with E-state index in [-0.39, 0.29) is 17.7 Å². The molecule has 0 atom stereocenters. The zero-order chi connectivity index (χ0) is 15.9. The Hall–Kier alpha value is -2.04. The molecule has 0 saturated carbocycles. The standard InChI is InChI=1S/C17H23N3O2/c1-11(2)16(22)20-9-7-17(8-10-20)18-14-12(3)5-4-6-13(14)15(21)19-17/h4-6,11,18H,7-10H2,1-3H3,(H,19,21). The van der Waals surface area contributed by atoms with Crippen LogP contribution in [-0.4, -0.2) is 35.5 Å². The van der Waals surface area contributed by atoms with Crippen LogP contribution in [0.3, 0.4) is 0 Å². The van der Waals surface area contributed by atoms with Crippen molar-refractivity contribution in [2.45, 2.75) is 39.3 Å². The first-order valence-electron chi connectivity index (χ1n) is 7.91. The lowest BCUT2D eigenvalue weighted by Gasteiger charge is -2.46. The van der Waals surface area contributed by atoms with Crippen molar-refractivity contribution in [1.82, 2.24) is 10.2 Å². The molecule has 5 heteroatoms. The minimum Gasteiger partial charge on any atom is -0.362 e. The van der Waals surface area contributed by atoms with E-state index in [1.807, 2.05) is 43.9 Å². The third-order valence-electron chi connectivity index (χ3n) is 4.66. The number of para-hydroxylation sites is 1. The first kappa shape index (κ1) is 14.9. The highest BCUT2D eigenvalue weighted by Gasteiger charge is 2.41. The summed E-state index contributed by atoms with van der Waals surface area (Å²) >= 11 is 0. The number of nitrogens with zero attached hydrogens (tertiary/aromatic N) is 1. The lowest BCUT2D eigenvalue weighted by atomic mass is 9.91. The van der Waals surface area contributed by atoms with E-state index in [0.29, 0.717) is 18.7 Å². The molecule has 0 aliphatic carbocycles. The molecule has 2 amide bonds. The highest BCUT2D eigenvalue weighted by atomic mass is 16.2. The number of carbonyl (C=O) groups is 2. The molecule has 2 aliphatic heterocycles. The summed E-state index contributed by atoms with van der Waals surface area (Å²) in [6, 6.07) is 5.75. The molecule has 1 aromatic carbocycles. The van der Waals surface area contributed by atoms with Crippen LogP contribution in [0, 0.1) is 12.8 Å². The van der Waals surface area contributed by atoms with Crippen molar-refractivity contribution in [1.29, 1.82) is 0 Å². The Balaban J connectivity index is 1.79. The van der Waals surface area contributed by atoms with Gasteiger partial charge in [-0.25, -0.2) is 0 Å². The molecular formula is C17H23N3O2. The predicted octanol–water partition coefficient (Wildman–Crippen LogP) is 2.13.